The van der Waals surface area contributed by atoms with Crippen LogP contribution in [0.25, 0.3) is 0 Å². The summed E-state index contributed by atoms with van der Waals surface area (Å²) in [5, 5.41) is 1.04. The van der Waals surface area contributed by atoms with E-state index in [9.17, 15) is 4.79 Å². The minimum Gasteiger partial charge on any atom is -0.299 e. The molecule has 1 unspecified atom stereocenters. The number of unbranched alkanes of at least 4 members (excludes halogenated alkanes) is 1. The molecule has 0 aromatic carbocycles. The molecule has 19 heavy (non-hydrogen) atoms. The average molecular weight is 333 g/mol. The van der Waals surface area contributed by atoms with Gasteiger partial charge in [0, 0.05) is 10.7 Å². The summed E-state index contributed by atoms with van der Waals surface area (Å²) in [4.78, 5) is 12.5. The van der Waals surface area contributed by atoms with Gasteiger partial charge in [-0.05, 0) is 37.5 Å². The quantitative estimate of drug-likeness (QED) is 0.373. The second-order valence-corrected chi connectivity index (χ2v) is 7.71. The normalized spacial score (nSPS) is 15.6. The largest absolute Gasteiger partial charge is 0.299 e. The lowest BCUT2D eigenvalue weighted by Gasteiger charge is -2.45. The molecule has 0 spiro atoms. The molecule has 0 radical (unpaired) electrons. The van der Waals surface area contributed by atoms with Gasteiger partial charge < -0.3 is 0 Å². The van der Waals surface area contributed by atoms with E-state index in [-0.39, 0.29) is 10.8 Å². The van der Waals surface area contributed by atoms with Crippen molar-refractivity contribution in [3.05, 3.63) is 0 Å². The Kier molecular flexibility index (Phi) is 8.51. The number of rotatable bonds is 9. The SMILES string of the molecule is CCC(CC)CC(CCCCBr)(C(C)=O)C(C)(C)C. The Hall–Kier alpha value is 0.150. The molecule has 0 saturated heterocycles. The second kappa shape index (κ2) is 8.44. The van der Waals surface area contributed by atoms with Gasteiger partial charge in [0.05, 0.1) is 0 Å². The highest BCUT2D eigenvalue weighted by Gasteiger charge is 2.46. The van der Waals surface area contributed by atoms with Gasteiger partial charge in [-0.15, -0.1) is 0 Å². The third-order valence-electron chi connectivity index (χ3n) is 4.89. The number of carbonyl (C=O) groups is 1. The van der Waals surface area contributed by atoms with Crippen molar-refractivity contribution in [2.45, 2.75) is 80.1 Å². The number of hydrogen-bond donors (Lipinski definition) is 0. The Morgan fingerprint density at radius 1 is 1.11 bits per heavy atom. The first kappa shape index (κ1) is 19.1. The molecule has 114 valence electrons. The first-order valence-electron chi connectivity index (χ1n) is 7.82. The molecule has 0 aromatic rings. The summed E-state index contributed by atoms with van der Waals surface area (Å²) in [5.41, 5.74) is -0.0976. The van der Waals surface area contributed by atoms with Crippen LogP contribution in [0.3, 0.4) is 0 Å². The molecular weight excluding hydrogens is 300 g/mol. The fourth-order valence-corrected chi connectivity index (χ4v) is 3.62. The summed E-state index contributed by atoms with van der Waals surface area (Å²) in [6.45, 7) is 13.0. The Morgan fingerprint density at radius 3 is 1.95 bits per heavy atom. The van der Waals surface area contributed by atoms with Crippen LogP contribution in [0.1, 0.15) is 80.1 Å². The molecule has 0 aromatic heterocycles. The molecule has 0 rings (SSSR count). The van der Waals surface area contributed by atoms with Crippen molar-refractivity contribution in [3.8, 4) is 0 Å². The number of hydrogen-bond acceptors (Lipinski definition) is 1. The van der Waals surface area contributed by atoms with Gasteiger partial charge in [-0.1, -0.05) is 69.8 Å². The predicted molar refractivity (Wildman–Crippen MR) is 88.9 cm³/mol. The lowest BCUT2D eigenvalue weighted by atomic mass is 9.58. The van der Waals surface area contributed by atoms with Crippen LogP contribution in [0, 0.1) is 16.7 Å². The van der Waals surface area contributed by atoms with Crippen molar-refractivity contribution < 1.29 is 4.79 Å². The molecule has 1 nitrogen and oxygen atoms in total. The third-order valence-corrected chi connectivity index (χ3v) is 5.45. The van der Waals surface area contributed by atoms with E-state index in [0.717, 1.165) is 31.0 Å². The average Bonchev–Trinajstić information content (AvgIpc) is 2.31. The highest BCUT2D eigenvalue weighted by Crippen LogP contribution is 2.49. The Bertz CT molecular complexity index is 263. The maximum Gasteiger partial charge on any atom is 0.136 e. The lowest BCUT2D eigenvalue weighted by Crippen LogP contribution is -2.43. The second-order valence-electron chi connectivity index (χ2n) is 6.92. The minimum atomic E-state index is -0.147. The highest BCUT2D eigenvalue weighted by molar-refractivity contribution is 9.09. The van der Waals surface area contributed by atoms with E-state index in [0.29, 0.717) is 11.7 Å². The van der Waals surface area contributed by atoms with Crippen molar-refractivity contribution >= 4 is 21.7 Å². The fourth-order valence-electron chi connectivity index (χ4n) is 3.22. The molecule has 0 heterocycles. The van der Waals surface area contributed by atoms with Crippen LogP contribution in [0.15, 0.2) is 0 Å². The molecule has 0 fully saturated rings. The van der Waals surface area contributed by atoms with Crippen LogP contribution in [0.4, 0.5) is 0 Å². The number of halogens is 1. The molecule has 0 aliphatic carbocycles. The molecule has 0 N–H and O–H groups in total. The van der Waals surface area contributed by atoms with Crippen molar-refractivity contribution in [1.29, 1.82) is 0 Å². The van der Waals surface area contributed by atoms with Gasteiger partial charge in [-0.2, -0.15) is 0 Å². The van der Waals surface area contributed by atoms with Gasteiger partial charge in [0.2, 0.25) is 0 Å². The predicted octanol–water partition coefficient (Wildman–Crippen LogP) is 6.00. The standard InChI is InChI=1S/C17H33BrO/c1-7-15(8-2)13-17(14(3)19,16(4,5)6)11-9-10-12-18/h15H,7-13H2,1-6H3. The highest BCUT2D eigenvalue weighted by atomic mass is 79.9. The minimum absolute atomic E-state index is 0.0493. The molecular formula is C17H33BrO. The van der Waals surface area contributed by atoms with Gasteiger partial charge in [-0.3, -0.25) is 4.79 Å². The number of ketones is 1. The molecule has 0 saturated carbocycles. The molecule has 1 atom stereocenters. The summed E-state index contributed by atoms with van der Waals surface area (Å²) in [6, 6.07) is 0. The zero-order valence-electron chi connectivity index (χ0n) is 13.8. The van der Waals surface area contributed by atoms with Crippen LogP contribution >= 0.6 is 15.9 Å². The van der Waals surface area contributed by atoms with Crippen LogP contribution < -0.4 is 0 Å². The summed E-state index contributed by atoms with van der Waals surface area (Å²) < 4.78 is 0. The Balaban J connectivity index is 5.21. The summed E-state index contributed by atoms with van der Waals surface area (Å²) in [7, 11) is 0. The Labute approximate surface area is 129 Å². The van der Waals surface area contributed by atoms with E-state index in [1.165, 1.54) is 12.8 Å². The van der Waals surface area contributed by atoms with E-state index < -0.39 is 0 Å². The molecule has 0 aliphatic heterocycles. The van der Waals surface area contributed by atoms with E-state index in [1.54, 1.807) is 0 Å². The number of carbonyl (C=O) groups excluding carboxylic acids is 1. The maximum atomic E-state index is 12.5. The smallest absolute Gasteiger partial charge is 0.136 e. The first-order chi connectivity index (χ1) is 8.75. The van der Waals surface area contributed by atoms with E-state index in [4.69, 9.17) is 0 Å². The van der Waals surface area contributed by atoms with Crippen molar-refractivity contribution in [3.63, 3.8) is 0 Å². The first-order valence-corrected chi connectivity index (χ1v) is 8.94. The van der Waals surface area contributed by atoms with Crippen molar-refractivity contribution in [2.75, 3.05) is 5.33 Å². The van der Waals surface area contributed by atoms with Gasteiger partial charge in [0.25, 0.3) is 0 Å². The molecule has 0 amide bonds. The van der Waals surface area contributed by atoms with Crippen LogP contribution in [-0.4, -0.2) is 11.1 Å². The maximum absolute atomic E-state index is 12.5. The molecule has 2 heteroatoms. The van der Waals surface area contributed by atoms with Crippen molar-refractivity contribution in [1.82, 2.24) is 0 Å². The number of alkyl halides is 1. The summed E-state index contributed by atoms with van der Waals surface area (Å²) in [6.07, 6.45) is 6.76. The van der Waals surface area contributed by atoms with Crippen LogP contribution in [0.2, 0.25) is 0 Å². The topological polar surface area (TPSA) is 17.1 Å². The van der Waals surface area contributed by atoms with Gasteiger partial charge in [0.1, 0.15) is 5.78 Å². The summed E-state index contributed by atoms with van der Waals surface area (Å²) >= 11 is 3.50. The van der Waals surface area contributed by atoms with Crippen molar-refractivity contribution in [2.24, 2.45) is 16.7 Å². The van der Waals surface area contributed by atoms with Crippen LogP contribution in [-0.2, 0) is 4.79 Å². The zero-order valence-corrected chi connectivity index (χ0v) is 15.4. The van der Waals surface area contributed by atoms with E-state index >= 15 is 0 Å². The van der Waals surface area contributed by atoms with E-state index in [1.807, 2.05) is 6.92 Å². The van der Waals surface area contributed by atoms with Gasteiger partial charge in [-0.25, -0.2) is 0 Å². The lowest BCUT2D eigenvalue weighted by molar-refractivity contribution is -0.135. The summed E-state index contributed by atoms with van der Waals surface area (Å²) in [5.74, 6) is 1.06. The number of Topliss-reactive ketones (excluding diaryl/α,β-unsaturated/α-hetero) is 1. The van der Waals surface area contributed by atoms with Gasteiger partial charge in [0.15, 0.2) is 0 Å². The Morgan fingerprint density at radius 2 is 1.63 bits per heavy atom. The van der Waals surface area contributed by atoms with Gasteiger partial charge >= 0.3 is 0 Å². The zero-order chi connectivity index (χ0) is 15.1. The third kappa shape index (κ3) is 5.21. The van der Waals surface area contributed by atoms with E-state index in [2.05, 4.69) is 50.5 Å². The molecule has 0 aliphatic rings. The van der Waals surface area contributed by atoms with Crippen LogP contribution in [0.5, 0.6) is 0 Å². The monoisotopic (exact) mass is 332 g/mol. The molecule has 0 bridgehead atoms. The fraction of sp³-hybridized carbons (Fsp3) is 0.941.